The van der Waals surface area contributed by atoms with Crippen molar-refractivity contribution in [1.82, 2.24) is 20.4 Å². The van der Waals surface area contributed by atoms with E-state index in [-0.39, 0.29) is 31.3 Å². The zero-order valence-electron chi connectivity index (χ0n) is 19.1. The van der Waals surface area contributed by atoms with E-state index in [2.05, 4.69) is 27.6 Å². The van der Waals surface area contributed by atoms with Gasteiger partial charge in [0.2, 0.25) is 5.91 Å². The molecular weight excluding hydrogens is 448 g/mol. The fourth-order valence-electron chi connectivity index (χ4n) is 4.93. The van der Waals surface area contributed by atoms with Gasteiger partial charge in [0.25, 0.3) is 0 Å². The fourth-order valence-corrected chi connectivity index (χ4v) is 4.93. The van der Waals surface area contributed by atoms with E-state index < -0.39 is 18.1 Å². The van der Waals surface area contributed by atoms with Crippen molar-refractivity contribution in [2.75, 3.05) is 13.2 Å². The van der Waals surface area contributed by atoms with Gasteiger partial charge in [-0.1, -0.05) is 48.5 Å². The number of amides is 2. The van der Waals surface area contributed by atoms with Gasteiger partial charge >= 0.3 is 12.1 Å². The van der Waals surface area contributed by atoms with Gasteiger partial charge in [-0.05, 0) is 40.7 Å². The third kappa shape index (κ3) is 4.62. The number of hydrogen-bond acceptors (Lipinski definition) is 5. The molecule has 2 aliphatic rings. The molecule has 2 heterocycles. The Morgan fingerprint density at radius 3 is 2.49 bits per heavy atom. The topological polar surface area (TPSA) is 125 Å². The standard InChI is InChI=1S/C26H26N4O5/c31-24(32)10-9-22(25(33)30-12-11-16-13-27-29-23(16)14-30)28-26(34)35-15-21-19-7-3-1-5-17(19)18-6-2-4-8-20(18)21/h1-8,13,21-22H,9-12,14-15H2,(H,27,29)(H,28,34)(H,31,32). The van der Waals surface area contributed by atoms with Crippen LogP contribution in [0.15, 0.2) is 54.7 Å². The SMILES string of the molecule is O=C(O)CCC(NC(=O)OCC1c2ccccc2-c2ccccc21)C(=O)N1CCc2cn[nH]c2C1. The van der Waals surface area contributed by atoms with Crippen LogP contribution in [0.4, 0.5) is 4.79 Å². The highest BCUT2D eigenvalue weighted by Crippen LogP contribution is 2.44. The average molecular weight is 475 g/mol. The number of alkyl carbamates (subject to hydrolysis) is 1. The maximum absolute atomic E-state index is 13.2. The first-order valence-electron chi connectivity index (χ1n) is 11.6. The summed E-state index contributed by atoms with van der Waals surface area (Å²) in [5.74, 6) is -1.48. The molecule has 2 amide bonds. The monoisotopic (exact) mass is 474 g/mol. The van der Waals surface area contributed by atoms with E-state index in [1.165, 1.54) is 0 Å². The molecule has 5 rings (SSSR count). The Kier molecular flexibility index (Phi) is 6.22. The predicted octanol–water partition coefficient (Wildman–Crippen LogP) is 3.07. The number of aromatic nitrogens is 2. The van der Waals surface area contributed by atoms with Gasteiger partial charge in [0.05, 0.1) is 18.4 Å². The molecule has 35 heavy (non-hydrogen) atoms. The minimum Gasteiger partial charge on any atom is -0.481 e. The van der Waals surface area contributed by atoms with Crippen LogP contribution in [0.2, 0.25) is 0 Å². The highest BCUT2D eigenvalue weighted by atomic mass is 16.5. The molecule has 1 aromatic heterocycles. The summed E-state index contributed by atoms with van der Waals surface area (Å²) in [4.78, 5) is 38.7. The number of carboxylic acid groups (broad SMARTS) is 1. The van der Waals surface area contributed by atoms with Crippen molar-refractivity contribution in [1.29, 1.82) is 0 Å². The van der Waals surface area contributed by atoms with E-state index in [4.69, 9.17) is 9.84 Å². The minimum absolute atomic E-state index is 0.0231. The number of hydrogen-bond donors (Lipinski definition) is 3. The summed E-state index contributed by atoms with van der Waals surface area (Å²) in [6.45, 7) is 0.923. The maximum Gasteiger partial charge on any atom is 0.407 e. The number of ether oxygens (including phenoxy) is 1. The molecule has 0 saturated carbocycles. The lowest BCUT2D eigenvalue weighted by Gasteiger charge is -2.30. The Hall–Kier alpha value is -4.14. The Bertz CT molecular complexity index is 1220. The van der Waals surface area contributed by atoms with Gasteiger partial charge in [0, 0.05) is 18.9 Å². The Labute approximate surface area is 202 Å². The number of nitrogens with one attached hydrogen (secondary N) is 2. The lowest BCUT2D eigenvalue weighted by molar-refractivity contribution is -0.138. The van der Waals surface area contributed by atoms with E-state index in [1.54, 1.807) is 11.1 Å². The quantitative estimate of drug-likeness (QED) is 0.483. The molecule has 180 valence electrons. The van der Waals surface area contributed by atoms with Crippen LogP contribution in [0.25, 0.3) is 11.1 Å². The summed E-state index contributed by atoms with van der Waals surface area (Å²) in [7, 11) is 0. The van der Waals surface area contributed by atoms with Crippen LogP contribution in [-0.2, 0) is 27.3 Å². The van der Waals surface area contributed by atoms with E-state index in [9.17, 15) is 14.4 Å². The van der Waals surface area contributed by atoms with Crippen LogP contribution in [-0.4, -0.2) is 57.4 Å². The van der Waals surface area contributed by atoms with E-state index in [0.717, 1.165) is 33.5 Å². The minimum atomic E-state index is -1.04. The largest absolute Gasteiger partial charge is 0.481 e. The lowest BCUT2D eigenvalue weighted by atomic mass is 9.98. The summed E-state index contributed by atoms with van der Waals surface area (Å²) in [5.41, 5.74) is 6.32. The van der Waals surface area contributed by atoms with Gasteiger partial charge < -0.3 is 20.1 Å². The van der Waals surface area contributed by atoms with E-state index >= 15 is 0 Å². The van der Waals surface area contributed by atoms with Gasteiger partial charge in [0.15, 0.2) is 0 Å². The van der Waals surface area contributed by atoms with Crippen molar-refractivity contribution in [2.45, 2.75) is 37.8 Å². The molecule has 1 unspecified atom stereocenters. The van der Waals surface area contributed by atoms with Gasteiger partial charge in [0.1, 0.15) is 12.6 Å². The highest BCUT2D eigenvalue weighted by Gasteiger charge is 2.32. The number of fused-ring (bicyclic) bond motifs is 4. The number of aromatic amines is 1. The second-order valence-electron chi connectivity index (χ2n) is 8.84. The van der Waals surface area contributed by atoms with Crippen LogP contribution in [0.3, 0.4) is 0 Å². The number of carbonyl (C=O) groups is 3. The second-order valence-corrected chi connectivity index (χ2v) is 8.84. The number of rotatable bonds is 7. The number of carboxylic acids is 1. The Balaban J connectivity index is 1.26. The summed E-state index contributed by atoms with van der Waals surface area (Å²) in [5, 5.41) is 18.7. The molecular formula is C26H26N4O5. The number of benzene rings is 2. The van der Waals surface area contributed by atoms with Gasteiger partial charge in [-0.2, -0.15) is 5.10 Å². The molecule has 1 aliphatic carbocycles. The molecule has 0 radical (unpaired) electrons. The van der Waals surface area contributed by atoms with Crippen molar-refractivity contribution < 1.29 is 24.2 Å². The molecule has 9 nitrogen and oxygen atoms in total. The second kappa shape index (κ2) is 9.61. The molecule has 3 aromatic rings. The van der Waals surface area contributed by atoms with Crippen LogP contribution >= 0.6 is 0 Å². The van der Waals surface area contributed by atoms with Gasteiger partial charge in [-0.25, -0.2) is 4.79 Å². The highest BCUT2D eigenvalue weighted by molar-refractivity contribution is 5.86. The van der Waals surface area contributed by atoms with E-state index in [0.29, 0.717) is 19.5 Å². The maximum atomic E-state index is 13.2. The third-order valence-corrected chi connectivity index (χ3v) is 6.70. The van der Waals surface area contributed by atoms with Crippen LogP contribution in [0.5, 0.6) is 0 Å². The first-order valence-corrected chi connectivity index (χ1v) is 11.6. The fraction of sp³-hybridized carbons (Fsp3) is 0.308. The zero-order valence-corrected chi connectivity index (χ0v) is 19.1. The Morgan fingerprint density at radius 2 is 1.80 bits per heavy atom. The molecule has 1 aliphatic heterocycles. The number of H-pyrrole nitrogens is 1. The van der Waals surface area contributed by atoms with Crippen molar-refractivity contribution >= 4 is 18.0 Å². The molecule has 1 atom stereocenters. The van der Waals surface area contributed by atoms with Crippen molar-refractivity contribution in [3.63, 3.8) is 0 Å². The first-order chi connectivity index (χ1) is 17.0. The smallest absolute Gasteiger partial charge is 0.407 e. The number of aliphatic carboxylic acids is 1. The van der Waals surface area contributed by atoms with Crippen LogP contribution in [0, 0.1) is 0 Å². The third-order valence-electron chi connectivity index (χ3n) is 6.70. The molecule has 0 spiro atoms. The van der Waals surface area contributed by atoms with Crippen molar-refractivity contribution in [3.05, 3.63) is 77.1 Å². The molecule has 0 saturated heterocycles. The average Bonchev–Trinajstić information content (AvgIpc) is 3.47. The number of nitrogens with zero attached hydrogens (tertiary/aromatic N) is 2. The Morgan fingerprint density at radius 1 is 1.11 bits per heavy atom. The molecule has 0 bridgehead atoms. The summed E-state index contributed by atoms with van der Waals surface area (Å²) >= 11 is 0. The first kappa shape index (κ1) is 22.6. The lowest BCUT2D eigenvalue weighted by Crippen LogP contribution is -2.50. The van der Waals surface area contributed by atoms with Crippen molar-refractivity contribution in [3.8, 4) is 11.1 Å². The number of carbonyl (C=O) groups excluding carboxylic acids is 2. The van der Waals surface area contributed by atoms with Crippen LogP contribution < -0.4 is 5.32 Å². The summed E-state index contributed by atoms with van der Waals surface area (Å²) in [6, 6.07) is 15.1. The normalized spacial score (nSPS) is 15.0. The zero-order chi connectivity index (χ0) is 24.4. The molecule has 0 fully saturated rings. The summed E-state index contributed by atoms with van der Waals surface area (Å²) in [6.07, 6.45) is 1.38. The predicted molar refractivity (Wildman–Crippen MR) is 127 cm³/mol. The van der Waals surface area contributed by atoms with Crippen LogP contribution in [0.1, 0.15) is 41.1 Å². The molecule has 3 N–H and O–H groups in total. The summed E-state index contributed by atoms with van der Waals surface area (Å²) < 4.78 is 5.57. The van der Waals surface area contributed by atoms with Gasteiger partial charge in [-0.15, -0.1) is 0 Å². The van der Waals surface area contributed by atoms with Crippen molar-refractivity contribution in [2.24, 2.45) is 0 Å². The van der Waals surface area contributed by atoms with Gasteiger partial charge in [-0.3, -0.25) is 14.7 Å². The molecule has 2 aromatic carbocycles. The van der Waals surface area contributed by atoms with E-state index in [1.807, 2.05) is 36.4 Å². The molecule has 9 heteroatoms.